The van der Waals surface area contributed by atoms with Crippen molar-refractivity contribution in [2.45, 2.75) is 19.6 Å². The Labute approximate surface area is 142 Å². The van der Waals surface area contributed by atoms with Gasteiger partial charge in [-0.05, 0) is 24.1 Å². The number of rotatable bonds is 8. The number of ether oxygens (including phenoxy) is 1. The van der Waals surface area contributed by atoms with E-state index in [1.807, 2.05) is 55.5 Å². The number of amides is 1. The molecule has 0 aliphatic carbocycles. The lowest BCUT2D eigenvalue weighted by molar-refractivity contribution is -0.122. The van der Waals surface area contributed by atoms with Crippen molar-refractivity contribution in [3.05, 3.63) is 65.2 Å². The number of carbonyl (C=O) groups excluding carboxylic acids is 1. The molecule has 0 saturated carbocycles. The van der Waals surface area contributed by atoms with Gasteiger partial charge < -0.3 is 20.5 Å². The molecule has 2 rings (SSSR count). The predicted molar refractivity (Wildman–Crippen MR) is 93.8 cm³/mol. The maximum Gasteiger partial charge on any atom is 0.257 e. The van der Waals surface area contributed by atoms with Crippen LogP contribution in [0, 0.1) is 6.92 Å². The Kier molecular flexibility index (Phi) is 6.78. The molecule has 1 atom stereocenters. The van der Waals surface area contributed by atoms with E-state index in [1.165, 1.54) is 0 Å². The summed E-state index contributed by atoms with van der Waals surface area (Å²) in [5, 5.41) is 16.1. The quantitative estimate of drug-likeness (QED) is 0.693. The third-order valence-electron chi connectivity index (χ3n) is 3.81. The normalized spacial score (nSPS) is 11.8. The molecule has 0 bridgehead atoms. The van der Waals surface area contributed by atoms with E-state index in [4.69, 9.17) is 4.74 Å². The first-order chi connectivity index (χ1) is 11.6. The monoisotopic (exact) mass is 328 g/mol. The van der Waals surface area contributed by atoms with Gasteiger partial charge in [-0.2, -0.15) is 0 Å². The molecule has 5 nitrogen and oxygen atoms in total. The molecule has 0 fully saturated rings. The average molecular weight is 328 g/mol. The van der Waals surface area contributed by atoms with Crippen LogP contribution in [0.1, 0.15) is 22.8 Å². The van der Waals surface area contributed by atoms with Crippen LogP contribution in [0.3, 0.4) is 0 Å². The maximum absolute atomic E-state index is 11.3. The van der Waals surface area contributed by atoms with Crippen LogP contribution in [0.4, 0.5) is 0 Å². The molecule has 0 aliphatic rings. The molecule has 5 heteroatoms. The van der Waals surface area contributed by atoms with E-state index < -0.39 is 6.10 Å². The number of likely N-dealkylation sites (N-methyl/N-ethyl adjacent to an activating group) is 1. The van der Waals surface area contributed by atoms with Crippen molar-refractivity contribution in [1.29, 1.82) is 0 Å². The standard InChI is InChI=1S/C19H24N2O3/c1-14-7-3-5-9-16(14)17(22)12-21-11-15-8-4-6-10-18(15)24-13-19(23)20-2/h3-10,17,21-22H,11-13H2,1-2H3,(H,20,23). The Morgan fingerprint density at radius 2 is 1.88 bits per heavy atom. The second-order valence-corrected chi connectivity index (χ2v) is 5.57. The summed E-state index contributed by atoms with van der Waals surface area (Å²) in [7, 11) is 1.58. The summed E-state index contributed by atoms with van der Waals surface area (Å²) in [6, 6.07) is 15.4. The van der Waals surface area contributed by atoms with Crippen LogP contribution < -0.4 is 15.4 Å². The number of aliphatic hydroxyl groups is 1. The minimum Gasteiger partial charge on any atom is -0.483 e. The second kappa shape index (κ2) is 9.05. The van der Waals surface area contributed by atoms with Gasteiger partial charge in [0.05, 0.1) is 6.10 Å². The lowest BCUT2D eigenvalue weighted by Crippen LogP contribution is -2.25. The van der Waals surface area contributed by atoms with Crippen molar-refractivity contribution in [2.75, 3.05) is 20.2 Å². The highest BCUT2D eigenvalue weighted by Crippen LogP contribution is 2.19. The van der Waals surface area contributed by atoms with Crippen LogP contribution in [0.5, 0.6) is 5.75 Å². The summed E-state index contributed by atoms with van der Waals surface area (Å²) in [5.41, 5.74) is 2.94. The summed E-state index contributed by atoms with van der Waals surface area (Å²) >= 11 is 0. The number of para-hydroxylation sites is 1. The fraction of sp³-hybridized carbons (Fsp3) is 0.316. The number of benzene rings is 2. The molecule has 0 aromatic heterocycles. The fourth-order valence-electron chi connectivity index (χ4n) is 2.42. The van der Waals surface area contributed by atoms with Crippen LogP contribution in [-0.2, 0) is 11.3 Å². The zero-order chi connectivity index (χ0) is 17.4. The summed E-state index contributed by atoms with van der Waals surface area (Å²) in [6.45, 7) is 2.96. The molecule has 2 aromatic rings. The van der Waals surface area contributed by atoms with Gasteiger partial charge in [0, 0.05) is 25.7 Å². The van der Waals surface area contributed by atoms with Crippen molar-refractivity contribution in [3.8, 4) is 5.75 Å². The number of carbonyl (C=O) groups is 1. The van der Waals surface area contributed by atoms with Gasteiger partial charge in [0.2, 0.25) is 0 Å². The third-order valence-corrected chi connectivity index (χ3v) is 3.81. The number of hydrogen-bond acceptors (Lipinski definition) is 4. The first kappa shape index (κ1) is 18.0. The highest BCUT2D eigenvalue weighted by atomic mass is 16.5. The van der Waals surface area contributed by atoms with Gasteiger partial charge >= 0.3 is 0 Å². The van der Waals surface area contributed by atoms with Crippen molar-refractivity contribution in [2.24, 2.45) is 0 Å². The second-order valence-electron chi connectivity index (χ2n) is 5.57. The maximum atomic E-state index is 11.3. The largest absolute Gasteiger partial charge is 0.483 e. The summed E-state index contributed by atoms with van der Waals surface area (Å²) in [6.07, 6.45) is -0.565. The van der Waals surface area contributed by atoms with Crippen LogP contribution in [0.15, 0.2) is 48.5 Å². The van der Waals surface area contributed by atoms with Gasteiger partial charge in [0.1, 0.15) is 5.75 Å². The highest BCUT2D eigenvalue weighted by molar-refractivity contribution is 5.77. The Morgan fingerprint density at radius 3 is 2.62 bits per heavy atom. The van der Waals surface area contributed by atoms with Crippen LogP contribution in [0.25, 0.3) is 0 Å². The Balaban J connectivity index is 1.90. The number of aliphatic hydroxyl groups excluding tert-OH is 1. The molecule has 0 spiro atoms. The molecule has 0 aliphatic heterocycles. The Hall–Kier alpha value is -2.37. The first-order valence-electron chi connectivity index (χ1n) is 7.97. The van der Waals surface area contributed by atoms with Gasteiger partial charge in [-0.25, -0.2) is 0 Å². The zero-order valence-corrected chi connectivity index (χ0v) is 14.1. The Bertz CT molecular complexity index is 673. The van der Waals surface area contributed by atoms with Gasteiger partial charge in [0.15, 0.2) is 6.61 Å². The zero-order valence-electron chi connectivity index (χ0n) is 14.1. The molecular weight excluding hydrogens is 304 g/mol. The summed E-state index contributed by atoms with van der Waals surface area (Å²) < 4.78 is 5.54. The first-order valence-corrected chi connectivity index (χ1v) is 7.97. The van der Waals surface area contributed by atoms with Crippen molar-refractivity contribution in [1.82, 2.24) is 10.6 Å². The molecule has 1 unspecified atom stereocenters. The van der Waals surface area contributed by atoms with Gasteiger partial charge in [-0.3, -0.25) is 4.79 Å². The Morgan fingerprint density at radius 1 is 1.17 bits per heavy atom. The van der Waals surface area contributed by atoms with Crippen molar-refractivity contribution < 1.29 is 14.6 Å². The predicted octanol–water partition coefficient (Wildman–Crippen LogP) is 1.94. The molecular formula is C19H24N2O3. The fourth-order valence-corrected chi connectivity index (χ4v) is 2.42. The number of nitrogens with one attached hydrogen (secondary N) is 2. The van der Waals surface area contributed by atoms with E-state index in [1.54, 1.807) is 7.05 Å². The summed E-state index contributed by atoms with van der Waals surface area (Å²) in [5.74, 6) is 0.492. The van der Waals surface area contributed by atoms with Crippen molar-refractivity contribution in [3.63, 3.8) is 0 Å². The SMILES string of the molecule is CNC(=O)COc1ccccc1CNCC(O)c1ccccc1C. The molecule has 2 aromatic carbocycles. The van der Waals surface area contributed by atoms with E-state index in [2.05, 4.69) is 10.6 Å². The van der Waals surface area contributed by atoms with E-state index in [0.29, 0.717) is 18.8 Å². The van der Waals surface area contributed by atoms with E-state index >= 15 is 0 Å². The van der Waals surface area contributed by atoms with E-state index in [9.17, 15) is 9.90 Å². The summed E-state index contributed by atoms with van der Waals surface area (Å²) in [4.78, 5) is 11.3. The van der Waals surface area contributed by atoms with Crippen LogP contribution in [0.2, 0.25) is 0 Å². The minimum absolute atomic E-state index is 0.0145. The van der Waals surface area contributed by atoms with Gasteiger partial charge in [-0.1, -0.05) is 42.5 Å². The van der Waals surface area contributed by atoms with Gasteiger partial charge in [-0.15, -0.1) is 0 Å². The molecule has 0 radical (unpaired) electrons. The molecule has 3 N–H and O–H groups in total. The lowest BCUT2D eigenvalue weighted by atomic mass is 10.0. The van der Waals surface area contributed by atoms with Crippen molar-refractivity contribution >= 4 is 5.91 Å². The number of aryl methyl sites for hydroxylation is 1. The molecule has 24 heavy (non-hydrogen) atoms. The third kappa shape index (κ3) is 5.08. The molecule has 128 valence electrons. The van der Waals surface area contributed by atoms with E-state index in [-0.39, 0.29) is 12.5 Å². The van der Waals surface area contributed by atoms with Crippen LogP contribution in [-0.4, -0.2) is 31.2 Å². The number of hydrogen-bond donors (Lipinski definition) is 3. The molecule has 0 heterocycles. The molecule has 0 saturated heterocycles. The van der Waals surface area contributed by atoms with Crippen LogP contribution >= 0.6 is 0 Å². The lowest BCUT2D eigenvalue weighted by Gasteiger charge is -2.16. The molecule has 1 amide bonds. The smallest absolute Gasteiger partial charge is 0.257 e. The highest BCUT2D eigenvalue weighted by Gasteiger charge is 2.10. The van der Waals surface area contributed by atoms with E-state index in [0.717, 1.165) is 16.7 Å². The van der Waals surface area contributed by atoms with Gasteiger partial charge in [0.25, 0.3) is 5.91 Å². The minimum atomic E-state index is -0.565. The average Bonchev–Trinajstić information content (AvgIpc) is 2.60. The topological polar surface area (TPSA) is 70.6 Å².